The molecule has 1 unspecified atom stereocenters. The predicted molar refractivity (Wildman–Crippen MR) is 43.3 cm³/mol. The number of aryl methyl sites for hydroxylation is 1. The molecular weight excluding hydrogens is 172 g/mol. The molecule has 5 nitrogen and oxygen atoms in total. The van der Waals surface area contributed by atoms with E-state index in [4.69, 9.17) is 9.63 Å². The number of carboxylic acids is 1. The highest BCUT2D eigenvalue weighted by Gasteiger charge is 2.30. The molecule has 0 bridgehead atoms. The Morgan fingerprint density at radius 3 is 3.23 bits per heavy atom. The molecule has 1 aromatic heterocycles. The molecule has 2 rings (SSSR count). The molecule has 0 aromatic carbocycles. The van der Waals surface area contributed by atoms with E-state index in [0.717, 1.165) is 5.56 Å². The zero-order valence-electron chi connectivity index (χ0n) is 7.20. The van der Waals surface area contributed by atoms with Gasteiger partial charge in [-0.3, -0.25) is 4.79 Å². The highest BCUT2D eigenvalue weighted by molar-refractivity contribution is 5.76. The maximum Gasteiger partial charge on any atom is 0.314 e. The summed E-state index contributed by atoms with van der Waals surface area (Å²) in [5, 5.41) is 15.7. The van der Waals surface area contributed by atoms with Crippen LogP contribution in [0.2, 0.25) is 0 Å². The molecule has 0 saturated heterocycles. The molecule has 13 heavy (non-hydrogen) atoms. The standard InChI is InChI=1S/C8H10N2O3/c1-4-5-2-9-3-6(8(11)12)7(5)10-13-4/h6,9H,2-3H2,1H3,(H,11,12). The van der Waals surface area contributed by atoms with Gasteiger partial charge in [-0.1, -0.05) is 5.16 Å². The molecule has 0 fully saturated rings. The van der Waals surface area contributed by atoms with Crippen molar-refractivity contribution in [1.29, 1.82) is 0 Å². The van der Waals surface area contributed by atoms with Gasteiger partial charge in [0.05, 0.1) is 0 Å². The van der Waals surface area contributed by atoms with Crippen molar-refractivity contribution in [1.82, 2.24) is 10.5 Å². The van der Waals surface area contributed by atoms with Gasteiger partial charge in [0.1, 0.15) is 17.4 Å². The van der Waals surface area contributed by atoms with Gasteiger partial charge in [0, 0.05) is 18.7 Å². The van der Waals surface area contributed by atoms with Gasteiger partial charge < -0.3 is 14.9 Å². The molecule has 2 heterocycles. The molecule has 0 radical (unpaired) electrons. The van der Waals surface area contributed by atoms with E-state index in [1.54, 1.807) is 6.92 Å². The van der Waals surface area contributed by atoms with Crippen LogP contribution >= 0.6 is 0 Å². The van der Waals surface area contributed by atoms with E-state index in [1.807, 2.05) is 0 Å². The summed E-state index contributed by atoms with van der Waals surface area (Å²) in [6, 6.07) is 0. The summed E-state index contributed by atoms with van der Waals surface area (Å²) < 4.78 is 4.94. The van der Waals surface area contributed by atoms with Gasteiger partial charge in [-0.25, -0.2) is 0 Å². The van der Waals surface area contributed by atoms with E-state index < -0.39 is 11.9 Å². The van der Waals surface area contributed by atoms with Gasteiger partial charge in [0.25, 0.3) is 0 Å². The number of rotatable bonds is 1. The first-order chi connectivity index (χ1) is 6.20. The molecule has 0 saturated carbocycles. The number of hydrogen-bond donors (Lipinski definition) is 2. The molecule has 5 heteroatoms. The van der Waals surface area contributed by atoms with Gasteiger partial charge in [-0.15, -0.1) is 0 Å². The summed E-state index contributed by atoms with van der Waals surface area (Å²) in [5.74, 6) is -0.726. The first-order valence-corrected chi connectivity index (χ1v) is 4.08. The van der Waals surface area contributed by atoms with Crippen LogP contribution in [0, 0.1) is 6.92 Å². The molecule has 70 valence electrons. The Kier molecular flexibility index (Phi) is 1.81. The Labute approximate surface area is 74.7 Å². The van der Waals surface area contributed by atoms with Crippen LogP contribution in [0.4, 0.5) is 0 Å². The lowest BCUT2D eigenvalue weighted by Crippen LogP contribution is -2.32. The third kappa shape index (κ3) is 1.21. The molecular formula is C8H10N2O3. The van der Waals surface area contributed by atoms with E-state index in [0.29, 0.717) is 24.5 Å². The molecule has 1 aliphatic rings. The van der Waals surface area contributed by atoms with E-state index in [9.17, 15) is 4.79 Å². The van der Waals surface area contributed by atoms with Crippen molar-refractivity contribution in [2.24, 2.45) is 0 Å². The highest BCUT2D eigenvalue weighted by Crippen LogP contribution is 2.25. The lowest BCUT2D eigenvalue weighted by atomic mass is 9.97. The molecule has 1 aromatic rings. The largest absolute Gasteiger partial charge is 0.481 e. The summed E-state index contributed by atoms with van der Waals surface area (Å²) in [4.78, 5) is 10.8. The van der Waals surface area contributed by atoms with E-state index in [1.165, 1.54) is 0 Å². The second-order valence-corrected chi connectivity index (χ2v) is 3.12. The Morgan fingerprint density at radius 2 is 2.54 bits per heavy atom. The SMILES string of the molecule is Cc1onc2c1CNCC2C(=O)O. The summed E-state index contributed by atoms with van der Waals surface area (Å²) in [5.41, 5.74) is 1.46. The number of fused-ring (bicyclic) bond motifs is 1. The smallest absolute Gasteiger partial charge is 0.314 e. The van der Waals surface area contributed by atoms with E-state index in [-0.39, 0.29) is 0 Å². The third-order valence-corrected chi connectivity index (χ3v) is 2.29. The van der Waals surface area contributed by atoms with Gasteiger partial charge in [0.15, 0.2) is 0 Å². The first-order valence-electron chi connectivity index (χ1n) is 4.08. The van der Waals surface area contributed by atoms with Crippen molar-refractivity contribution in [3.63, 3.8) is 0 Å². The molecule has 1 aliphatic heterocycles. The Morgan fingerprint density at radius 1 is 1.77 bits per heavy atom. The lowest BCUT2D eigenvalue weighted by Gasteiger charge is -2.17. The fourth-order valence-corrected chi connectivity index (χ4v) is 1.54. The van der Waals surface area contributed by atoms with E-state index >= 15 is 0 Å². The summed E-state index contributed by atoms with van der Waals surface area (Å²) in [7, 11) is 0. The van der Waals surface area contributed by atoms with Crippen LogP contribution in [-0.4, -0.2) is 22.8 Å². The van der Waals surface area contributed by atoms with Crippen molar-refractivity contribution in [2.75, 3.05) is 6.54 Å². The summed E-state index contributed by atoms with van der Waals surface area (Å²) in [6.45, 7) is 2.86. The van der Waals surface area contributed by atoms with Gasteiger partial charge in [-0.2, -0.15) is 0 Å². The van der Waals surface area contributed by atoms with Crippen LogP contribution in [0.15, 0.2) is 4.52 Å². The number of hydrogen-bond acceptors (Lipinski definition) is 4. The van der Waals surface area contributed by atoms with Crippen LogP contribution in [0.5, 0.6) is 0 Å². The molecule has 0 amide bonds. The average Bonchev–Trinajstić information content (AvgIpc) is 2.48. The van der Waals surface area contributed by atoms with Gasteiger partial charge in [0.2, 0.25) is 0 Å². The Bertz CT molecular complexity index is 345. The zero-order valence-corrected chi connectivity index (χ0v) is 7.20. The first kappa shape index (κ1) is 8.25. The van der Waals surface area contributed by atoms with Crippen LogP contribution in [0.1, 0.15) is 22.9 Å². The van der Waals surface area contributed by atoms with Crippen molar-refractivity contribution >= 4 is 5.97 Å². The minimum Gasteiger partial charge on any atom is -0.481 e. The number of nitrogens with one attached hydrogen (secondary N) is 1. The van der Waals surface area contributed by atoms with Crippen LogP contribution in [0.3, 0.4) is 0 Å². The molecule has 0 aliphatic carbocycles. The summed E-state index contributed by atoms with van der Waals surface area (Å²) in [6.07, 6.45) is 0. The number of aromatic nitrogens is 1. The monoisotopic (exact) mass is 182 g/mol. The van der Waals surface area contributed by atoms with Crippen LogP contribution in [0.25, 0.3) is 0 Å². The fraction of sp³-hybridized carbons (Fsp3) is 0.500. The minimum absolute atomic E-state index is 0.425. The maximum absolute atomic E-state index is 10.8. The lowest BCUT2D eigenvalue weighted by molar-refractivity contribution is -0.139. The second kappa shape index (κ2) is 2.85. The summed E-state index contributed by atoms with van der Waals surface area (Å²) >= 11 is 0. The van der Waals surface area contributed by atoms with Crippen LogP contribution < -0.4 is 5.32 Å². The Hall–Kier alpha value is -1.36. The molecule has 2 N–H and O–H groups in total. The number of aliphatic carboxylic acids is 1. The van der Waals surface area contributed by atoms with Crippen molar-refractivity contribution in [2.45, 2.75) is 19.4 Å². The minimum atomic E-state index is -0.859. The maximum atomic E-state index is 10.8. The van der Waals surface area contributed by atoms with Crippen molar-refractivity contribution in [3.8, 4) is 0 Å². The number of nitrogens with zero attached hydrogens (tertiary/aromatic N) is 1. The fourth-order valence-electron chi connectivity index (χ4n) is 1.54. The van der Waals surface area contributed by atoms with Crippen molar-refractivity contribution in [3.05, 3.63) is 17.0 Å². The zero-order chi connectivity index (χ0) is 9.42. The number of carbonyl (C=O) groups is 1. The molecule has 1 atom stereocenters. The Balaban J connectivity index is 2.43. The van der Waals surface area contributed by atoms with Crippen LogP contribution in [-0.2, 0) is 11.3 Å². The van der Waals surface area contributed by atoms with Crippen molar-refractivity contribution < 1.29 is 14.4 Å². The predicted octanol–water partition coefficient (Wildman–Crippen LogP) is 0.254. The highest BCUT2D eigenvalue weighted by atomic mass is 16.5. The molecule has 0 spiro atoms. The quantitative estimate of drug-likeness (QED) is 0.651. The van der Waals surface area contributed by atoms with Gasteiger partial charge in [-0.05, 0) is 6.92 Å². The van der Waals surface area contributed by atoms with E-state index in [2.05, 4.69) is 10.5 Å². The normalized spacial score (nSPS) is 21.2. The topological polar surface area (TPSA) is 75.4 Å². The third-order valence-electron chi connectivity index (χ3n) is 2.29. The second-order valence-electron chi connectivity index (χ2n) is 3.12. The van der Waals surface area contributed by atoms with Gasteiger partial charge >= 0.3 is 5.97 Å². The average molecular weight is 182 g/mol. The number of carboxylic acid groups (broad SMARTS) is 1.